The Hall–Kier alpha value is -2.43. The number of hydrogen-bond acceptors (Lipinski definition) is 3. The van der Waals surface area contributed by atoms with Gasteiger partial charge in [-0.15, -0.1) is 0 Å². The lowest BCUT2D eigenvalue weighted by atomic mass is 10.0. The number of carbonyl (C=O) groups is 1. The monoisotopic (exact) mass is 356 g/mol. The predicted octanol–water partition coefficient (Wildman–Crippen LogP) is 3.90. The van der Waals surface area contributed by atoms with Gasteiger partial charge in [0.25, 0.3) is 0 Å². The number of nitrogens with zero attached hydrogens (tertiary/aromatic N) is 1. The number of hydrogen-bond donors (Lipinski definition) is 1. The molecular formula is C21H28N2O3. The predicted molar refractivity (Wildman–Crippen MR) is 102 cm³/mol. The average molecular weight is 356 g/mol. The Bertz CT molecular complexity index is 753. The van der Waals surface area contributed by atoms with Gasteiger partial charge in [0.2, 0.25) is 5.91 Å². The lowest BCUT2D eigenvalue weighted by Gasteiger charge is -2.23. The maximum Gasteiger partial charge on any atom is 0.243 e. The first-order valence-electron chi connectivity index (χ1n) is 9.21. The summed E-state index contributed by atoms with van der Waals surface area (Å²) in [6.07, 6.45) is 6.56. The van der Waals surface area contributed by atoms with Crippen molar-refractivity contribution in [2.24, 2.45) is 5.92 Å². The zero-order chi connectivity index (χ0) is 18.7. The molecule has 2 atom stereocenters. The van der Waals surface area contributed by atoms with Crippen LogP contribution in [0, 0.1) is 5.92 Å². The highest BCUT2D eigenvalue weighted by atomic mass is 16.5. The van der Waals surface area contributed by atoms with Crippen molar-refractivity contribution in [2.75, 3.05) is 14.2 Å². The number of carbonyl (C=O) groups excluding carboxylic acids is 1. The molecule has 0 spiro atoms. The van der Waals surface area contributed by atoms with Crippen molar-refractivity contribution in [2.45, 2.75) is 45.2 Å². The fraction of sp³-hybridized carbons (Fsp3) is 0.476. The van der Waals surface area contributed by atoms with E-state index in [1.807, 2.05) is 41.2 Å². The van der Waals surface area contributed by atoms with E-state index < -0.39 is 0 Å². The molecule has 1 aliphatic rings. The second-order valence-electron chi connectivity index (χ2n) is 7.28. The van der Waals surface area contributed by atoms with E-state index in [4.69, 9.17) is 9.47 Å². The van der Waals surface area contributed by atoms with Crippen molar-refractivity contribution in [3.8, 4) is 11.5 Å². The second kappa shape index (κ2) is 7.85. The first-order chi connectivity index (χ1) is 12.5. The fourth-order valence-electron chi connectivity index (χ4n) is 3.72. The fourth-order valence-corrected chi connectivity index (χ4v) is 3.72. The number of fused-ring (bicyclic) bond motifs is 1. The van der Waals surface area contributed by atoms with Crippen LogP contribution in [0.1, 0.15) is 49.9 Å². The molecule has 1 heterocycles. The standard InChI is InChI=1S/C21H28N2O3/c1-14(2)11-18(23-9-5-6-10-23)21(24)22-17-8-7-15-12-19(25-3)20(26-4)13-16(15)17/h5-6,9-10,12-14,17-18H,7-8,11H2,1-4H3,(H,22,24)/t17-,18+/m1/s1. The quantitative estimate of drug-likeness (QED) is 0.819. The summed E-state index contributed by atoms with van der Waals surface area (Å²) in [5, 5.41) is 3.26. The molecule has 26 heavy (non-hydrogen) atoms. The van der Waals surface area contributed by atoms with Gasteiger partial charge in [-0.1, -0.05) is 13.8 Å². The number of ether oxygens (including phenoxy) is 2. The molecule has 0 aliphatic heterocycles. The van der Waals surface area contributed by atoms with Crippen LogP contribution in [0.2, 0.25) is 0 Å². The summed E-state index contributed by atoms with van der Waals surface area (Å²) in [4.78, 5) is 13.0. The van der Waals surface area contributed by atoms with Crippen molar-refractivity contribution < 1.29 is 14.3 Å². The molecule has 0 unspecified atom stereocenters. The summed E-state index contributed by atoms with van der Waals surface area (Å²) in [7, 11) is 3.28. The third kappa shape index (κ3) is 3.71. The lowest BCUT2D eigenvalue weighted by molar-refractivity contribution is -0.125. The minimum atomic E-state index is -0.186. The molecule has 1 amide bonds. The van der Waals surface area contributed by atoms with Crippen LogP contribution >= 0.6 is 0 Å². The topological polar surface area (TPSA) is 52.5 Å². The van der Waals surface area contributed by atoms with E-state index in [2.05, 4.69) is 19.2 Å². The SMILES string of the molecule is COc1cc2c(cc1OC)[C@H](NC(=O)[C@H](CC(C)C)n1cccc1)CC2. The Kier molecular flexibility index (Phi) is 5.55. The van der Waals surface area contributed by atoms with Crippen LogP contribution in [0.3, 0.4) is 0 Å². The van der Waals surface area contributed by atoms with E-state index in [1.54, 1.807) is 14.2 Å². The minimum absolute atomic E-state index is 0.0162. The number of aromatic nitrogens is 1. The molecule has 0 fully saturated rings. The molecule has 0 saturated heterocycles. The van der Waals surface area contributed by atoms with Crippen molar-refractivity contribution in [3.05, 3.63) is 47.8 Å². The Balaban J connectivity index is 1.80. The van der Waals surface area contributed by atoms with E-state index in [0.717, 1.165) is 30.6 Å². The largest absolute Gasteiger partial charge is 0.493 e. The molecule has 0 saturated carbocycles. The van der Waals surface area contributed by atoms with Crippen LogP contribution in [0.4, 0.5) is 0 Å². The van der Waals surface area contributed by atoms with Gasteiger partial charge < -0.3 is 19.4 Å². The van der Waals surface area contributed by atoms with Gasteiger partial charge >= 0.3 is 0 Å². The number of nitrogens with one attached hydrogen (secondary N) is 1. The highest BCUT2D eigenvalue weighted by Gasteiger charge is 2.29. The van der Waals surface area contributed by atoms with Gasteiger partial charge in [0, 0.05) is 12.4 Å². The summed E-state index contributed by atoms with van der Waals surface area (Å²) in [5.41, 5.74) is 2.35. The molecular weight excluding hydrogens is 328 g/mol. The number of amides is 1. The zero-order valence-electron chi connectivity index (χ0n) is 16.0. The van der Waals surface area contributed by atoms with Crippen LogP contribution in [0.5, 0.6) is 11.5 Å². The maximum atomic E-state index is 13.0. The average Bonchev–Trinajstić information content (AvgIpc) is 3.28. The van der Waals surface area contributed by atoms with Crippen molar-refractivity contribution in [1.29, 1.82) is 0 Å². The first-order valence-corrected chi connectivity index (χ1v) is 9.21. The van der Waals surface area contributed by atoms with Gasteiger partial charge in [0.15, 0.2) is 11.5 Å². The van der Waals surface area contributed by atoms with Crippen LogP contribution in [0.15, 0.2) is 36.7 Å². The summed E-state index contributed by atoms with van der Waals surface area (Å²) >= 11 is 0. The number of methoxy groups -OCH3 is 2. The smallest absolute Gasteiger partial charge is 0.243 e. The van der Waals surface area contributed by atoms with Crippen LogP contribution < -0.4 is 14.8 Å². The number of benzene rings is 1. The molecule has 3 rings (SSSR count). The van der Waals surface area contributed by atoms with Gasteiger partial charge in [0.05, 0.1) is 20.3 Å². The highest BCUT2D eigenvalue weighted by Crippen LogP contribution is 2.39. The normalized spacial score (nSPS) is 17.0. The van der Waals surface area contributed by atoms with E-state index in [1.165, 1.54) is 5.56 Å². The van der Waals surface area contributed by atoms with Crippen molar-refractivity contribution in [1.82, 2.24) is 9.88 Å². The zero-order valence-corrected chi connectivity index (χ0v) is 16.0. The van der Waals surface area contributed by atoms with E-state index in [9.17, 15) is 4.79 Å². The number of rotatable bonds is 7. The lowest BCUT2D eigenvalue weighted by Crippen LogP contribution is -2.35. The van der Waals surface area contributed by atoms with Gasteiger partial charge in [0.1, 0.15) is 6.04 Å². The molecule has 1 aromatic carbocycles. The molecule has 5 nitrogen and oxygen atoms in total. The van der Waals surface area contributed by atoms with Crippen molar-refractivity contribution >= 4 is 5.91 Å². The second-order valence-corrected chi connectivity index (χ2v) is 7.28. The summed E-state index contributed by atoms with van der Waals surface area (Å²) in [5.74, 6) is 1.95. The van der Waals surface area contributed by atoms with E-state index in [-0.39, 0.29) is 18.0 Å². The molecule has 2 aromatic rings. The number of aryl methyl sites for hydroxylation is 1. The minimum Gasteiger partial charge on any atom is -0.493 e. The first kappa shape index (κ1) is 18.4. The molecule has 0 radical (unpaired) electrons. The van der Waals surface area contributed by atoms with Gasteiger partial charge in [-0.05, 0) is 60.6 Å². The highest BCUT2D eigenvalue weighted by molar-refractivity contribution is 5.81. The van der Waals surface area contributed by atoms with Crippen molar-refractivity contribution in [3.63, 3.8) is 0 Å². The Labute approximate surface area is 155 Å². The van der Waals surface area contributed by atoms with Crippen LogP contribution in [0.25, 0.3) is 0 Å². The van der Waals surface area contributed by atoms with E-state index in [0.29, 0.717) is 11.7 Å². The van der Waals surface area contributed by atoms with Crippen LogP contribution in [-0.2, 0) is 11.2 Å². The molecule has 0 bridgehead atoms. The van der Waals surface area contributed by atoms with E-state index >= 15 is 0 Å². The van der Waals surface area contributed by atoms with Crippen LogP contribution in [-0.4, -0.2) is 24.7 Å². The Morgan fingerprint density at radius 3 is 2.46 bits per heavy atom. The third-order valence-corrected chi connectivity index (χ3v) is 5.02. The molecule has 1 aliphatic carbocycles. The summed E-state index contributed by atoms with van der Waals surface area (Å²) in [6.45, 7) is 4.29. The molecule has 5 heteroatoms. The Morgan fingerprint density at radius 2 is 1.85 bits per heavy atom. The maximum absolute atomic E-state index is 13.0. The molecule has 1 aromatic heterocycles. The van der Waals surface area contributed by atoms with Gasteiger partial charge in [-0.2, -0.15) is 0 Å². The molecule has 140 valence electrons. The Morgan fingerprint density at radius 1 is 1.19 bits per heavy atom. The third-order valence-electron chi connectivity index (χ3n) is 5.02. The summed E-state index contributed by atoms with van der Waals surface area (Å²) in [6, 6.07) is 7.78. The molecule has 1 N–H and O–H groups in total. The van der Waals surface area contributed by atoms with Gasteiger partial charge in [-0.25, -0.2) is 0 Å². The van der Waals surface area contributed by atoms with Gasteiger partial charge in [-0.3, -0.25) is 4.79 Å². The summed E-state index contributed by atoms with van der Waals surface area (Å²) < 4.78 is 12.8.